The minimum Gasteiger partial charge on any atom is -0.408 e. The first kappa shape index (κ1) is 17.7. The third-order valence-electron chi connectivity index (χ3n) is 6.83. The largest absolute Gasteiger partial charge is 0.408 e. The van der Waals surface area contributed by atoms with Crippen LogP contribution < -0.4 is 4.90 Å². The third-order valence-corrected chi connectivity index (χ3v) is 6.83. The summed E-state index contributed by atoms with van der Waals surface area (Å²) >= 11 is 0. The number of hydrogen-bond acceptors (Lipinski definition) is 5. The Balaban J connectivity index is 1.41. The van der Waals surface area contributed by atoms with Crippen molar-refractivity contribution in [2.24, 2.45) is 17.8 Å². The summed E-state index contributed by atoms with van der Waals surface area (Å²) in [5.74, 6) is 2.05. The minimum atomic E-state index is 0.148. The highest BCUT2D eigenvalue weighted by Crippen LogP contribution is 2.47. The molecule has 0 spiro atoms. The zero-order chi connectivity index (χ0) is 19.1. The predicted octanol–water partition coefficient (Wildman–Crippen LogP) is 3.59. The van der Waals surface area contributed by atoms with E-state index >= 15 is 0 Å². The van der Waals surface area contributed by atoms with E-state index in [9.17, 15) is 4.79 Å². The van der Waals surface area contributed by atoms with E-state index < -0.39 is 0 Å². The molecule has 3 fully saturated rings. The number of nitrogens with zero attached hydrogens (tertiary/aromatic N) is 4. The number of anilines is 1. The predicted molar refractivity (Wildman–Crippen MR) is 106 cm³/mol. The third kappa shape index (κ3) is 3.09. The van der Waals surface area contributed by atoms with E-state index in [-0.39, 0.29) is 12.0 Å². The van der Waals surface area contributed by atoms with Crippen LogP contribution in [0.4, 0.5) is 6.01 Å². The van der Waals surface area contributed by atoms with Gasteiger partial charge in [-0.3, -0.25) is 4.79 Å². The zero-order valence-corrected chi connectivity index (χ0v) is 16.5. The van der Waals surface area contributed by atoms with Gasteiger partial charge in [-0.05, 0) is 18.4 Å². The van der Waals surface area contributed by atoms with Crippen molar-refractivity contribution < 1.29 is 9.21 Å². The first-order valence-corrected chi connectivity index (χ1v) is 10.6. The van der Waals surface area contributed by atoms with Gasteiger partial charge < -0.3 is 14.2 Å². The monoisotopic (exact) mass is 380 g/mol. The molecule has 2 aliphatic heterocycles. The number of likely N-dealkylation sites (tertiary alicyclic amines) is 1. The van der Waals surface area contributed by atoms with E-state index in [0.29, 0.717) is 29.6 Å². The van der Waals surface area contributed by atoms with Crippen LogP contribution in [0.5, 0.6) is 0 Å². The maximum atomic E-state index is 13.4. The molecule has 3 atom stereocenters. The highest BCUT2D eigenvalue weighted by atomic mass is 16.4. The van der Waals surface area contributed by atoms with E-state index in [1.165, 1.54) is 24.8 Å². The lowest BCUT2D eigenvalue weighted by Gasteiger charge is -2.33. The number of rotatable bonds is 3. The van der Waals surface area contributed by atoms with Gasteiger partial charge in [0.1, 0.15) is 0 Å². The number of carbonyl (C=O) groups is 1. The van der Waals surface area contributed by atoms with Gasteiger partial charge in [-0.15, -0.1) is 5.10 Å². The van der Waals surface area contributed by atoms with Crippen LogP contribution in [0.2, 0.25) is 0 Å². The van der Waals surface area contributed by atoms with E-state index in [2.05, 4.69) is 44.3 Å². The van der Waals surface area contributed by atoms with Crippen LogP contribution in [-0.4, -0.2) is 40.6 Å². The van der Waals surface area contributed by atoms with E-state index in [4.69, 9.17) is 4.42 Å². The molecule has 6 nitrogen and oxygen atoms in total. The zero-order valence-electron chi connectivity index (χ0n) is 16.5. The summed E-state index contributed by atoms with van der Waals surface area (Å²) in [4.78, 5) is 17.8. The van der Waals surface area contributed by atoms with Gasteiger partial charge in [-0.2, -0.15) is 0 Å². The van der Waals surface area contributed by atoms with E-state index in [1.54, 1.807) is 0 Å². The molecule has 0 bridgehead atoms. The summed E-state index contributed by atoms with van der Waals surface area (Å²) < 4.78 is 5.67. The molecule has 0 radical (unpaired) electrons. The van der Waals surface area contributed by atoms with Crippen molar-refractivity contribution in [3.05, 3.63) is 41.8 Å². The van der Waals surface area contributed by atoms with Gasteiger partial charge in [0.2, 0.25) is 11.8 Å². The van der Waals surface area contributed by atoms with Crippen molar-refractivity contribution >= 4 is 11.9 Å². The van der Waals surface area contributed by atoms with Crippen molar-refractivity contribution in [2.75, 3.05) is 24.5 Å². The summed E-state index contributed by atoms with van der Waals surface area (Å²) in [5.41, 5.74) is 1.25. The number of carbonyl (C=O) groups excluding carboxylic acids is 1. The maximum Gasteiger partial charge on any atom is 0.318 e. The molecule has 1 aliphatic carbocycles. The highest BCUT2D eigenvalue weighted by molar-refractivity contribution is 5.80. The molecule has 1 aromatic heterocycles. The second kappa shape index (κ2) is 7.22. The Morgan fingerprint density at radius 3 is 2.54 bits per heavy atom. The Bertz CT molecular complexity index is 830. The molecule has 1 amide bonds. The molecular weight excluding hydrogens is 352 g/mol. The van der Waals surface area contributed by atoms with Crippen LogP contribution in [-0.2, 0) is 4.79 Å². The molecular formula is C22H28N4O2. The van der Waals surface area contributed by atoms with Crippen molar-refractivity contribution in [3.63, 3.8) is 0 Å². The van der Waals surface area contributed by atoms with Crippen LogP contribution in [0.25, 0.3) is 0 Å². The Labute approximate surface area is 165 Å². The van der Waals surface area contributed by atoms with Crippen LogP contribution >= 0.6 is 0 Å². The lowest BCUT2D eigenvalue weighted by molar-refractivity contribution is -0.138. The fourth-order valence-corrected chi connectivity index (χ4v) is 5.50. The second-order valence-electron chi connectivity index (χ2n) is 8.61. The number of aryl methyl sites for hydroxylation is 1. The summed E-state index contributed by atoms with van der Waals surface area (Å²) in [6, 6.07) is 11.3. The average molecular weight is 380 g/mol. The smallest absolute Gasteiger partial charge is 0.318 e. The first-order chi connectivity index (χ1) is 13.7. The number of hydrogen-bond donors (Lipinski definition) is 0. The molecule has 1 saturated carbocycles. The number of aromatic nitrogens is 2. The molecule has 1 aromatic carbocycles. The summed E-state index contributed by atoms with van der Waals surface area (Å²) in [6.45, 7) is 4.40. The van der Waals surface area contributed by atoms with Gasteiger partial charge in [0.05, 0.1) is 6.04 Å². The molecule has 2 aromatic rings. The highest BCUT2D eigenvalue weighted by Gasteiger charge is 2.50. The molecule has 5 rings (SSSR count). The quantitative estimate of drug-likeness (QED) is 0.814. The van der Waals surface area contributed by atoms with Gasteiger partial charge >= 0.3 is 6.01 Å². The van der Waals surface area contributed by atoms with Crippen molar-refractivity contribution in [1.82, 2.24) is 15.1 Å². The van der Waals surface area contributed by atoms with Gasteiger partial charge in [0.15, 0.2) is 0 Å². The first-order valence-electron chi connectivity index (χ1n) is 10.6. The lowest BCUT2D eigenvalue weighted by atomic mass is 9.87. The topological polar surface area (TPSA) is 62.5 Å². The van der Waals surface area contributed by atoms with Crippen LogP contribution in [0.15, 0.2) is 34.7 Å². The Morgan fingerprint density at radius 1 is 1.04 bits per heavy atom. The maximum absolute atomic E-state index is 13.4. The normalized spacial score (nSPS) is 28.0. The number of benzene rings is 1. The van der Waals surface area contributed by atoms with Crippen LogP contribution in [0.3, 0.4) is 0 Å². The van der Waals surface area contributed by atoms with Gasteiger partial charge in [-0.1, -0.05) is 54.7 Å². The van der Waals surface area contributed by atoms with Crippen LogP contribution in [0.1, 0.15) is 49.6 Å². The molecule has 6 heteroatoms. The molecule has 0 unspecified atom stereocenters. The molecule has 3 heterocycles. The summed E-state index contributed by atoms with van der Waals surface area (Å²) in [6.07, 6.45) is 5.77. The summed E-state index contributed by atoms with van der Waals surface area (Å²) in [7, 11) is 0. The van der Waals surface area contributed by atoms with Crippen molar-refractivity contribution in [3.8, 4) is 0 Å². The van der Waals surface area contributed by atoms with Crippen molar-refractivity contribution in [2.45, 2.75) is 45.1 Å². The Morgan fingerprint density at radius 2 is 1.82 bits per heavy atom. The average Bonchev–Trinajstić information content (AvgIpc) is 3.42. The number of fused-ring (bicyclic) bond motifs is 1. The Hall–Kier alpha value is -2.37. The molecule has 3 aliphatic rings. The molecule has 0 N–H and O–H groups in total. The fourth-order valence-electron chi connectivity index (χ4n) is 5.50. The molecule has 2 saturated heterocycles. The lowest BCUT2D eigenvalue weighted by Crippen LogP contribution is -2.39. The SMILES string of the molecule is Cc1nnc(N2C[C@H]3CN(C(=O)C4CCCCC4)[C@H](c4ccccc4)[C@H]3C2)o1. The number of amides is 1. The Kier molecular flexibility index (Phi) is 4.57. The van der Waals surface area contributed by atoms with E-state index in [1.807, 2.05) is 13.0 Å². The van der Waals surface area contributed by atoms with Crippen molar-refractivity contribution in [1.29, 1.82) is 0 Å². The molecule has 148 valence electrons. The van der Waals surface area contributed by atoms with E-state index in [0.717, 1.165) is 32.5 Å². The second-order valence-corrected chi connectivity index (χ2v) is 8.61. The summed E-state index contributed by atoms with van der Waals surface area (Å²) in [5, 5.41) is 8.19. The standard InChI is InChI=1S/C22H28N4O2/c1-15-23-24-22(28-15)25-12-18-13-26(21(27)17-10-6-3-7-11-17)20(19(18)14-25)16-8-4-2-5-9-16/h2,4-5,8-9,17-20H,3,6-7,10-14H2,1H3/t18-,19-,20+/m0/s1. The van der Waals surface area contributed by atoms with Crippen LogP contribution in [0, 0.1) is 24.7 Å². The van der Waals surface area contributed by atoms with Gasteiger partial charge in [0.25, 0.3) is 0 Å². The fraction of sp³-hybridized carbons (Fsp3) is 0.591. The minimum absolute atomic E-state index is 0.148. The molecule has 28 heavy (non-hydrogen) atoms. The van der Waals surface area contributed by atoms with Gasteiger partial charge in [-0.25, -0.2) is 0 Å². The van der Waals surface area contributed by atoms with Gasteiger partial charge in [0, 0.05) is 44.3 Å².